The Labute approximate surface area is 183 Å². The Morgan fingerprint density at radius 2 is 1.93 bits per heavy atom. The van der Waals surface area contributed by atoms with Gasteiger partial charge in [-0.3, -0.25) is 14.5 Å². The Kier molecular flexibility index (Phi) is 7.30. The number of halogens is 1. The first-order valence-corrected chi connectivity index (χ1v) is 10.5. The quantitative estimate of drug-likeness (QED) is 0.454. The molecule has 0 saturated carbocycles. The summed E-state index contributed by atoms with van der Waals surface area (Å²) in [4.78, 5) is 25.3. The molecule has 1 aliphatic rings. The van der Waals surface area contributed by atoms with Crippen molar-refractivity contribution in [2.24, 2.45) is 0 Å². The van der Waals surface area contributed by atoms with Crippen LogP contribution >= 0.6 is 35.6 Å². The van der Waals surface area contributed by atoms with Crippen LogP contribution in [0.3, 0.4) is 0 Å². The van der Waals surface area contributed by atoms with E-state index in [1.165, 1.54) is 16.7 Å². The van der Waals surface area contributed by atoms with Gasteiger partial charge in [-0.05, 0) is 36.3 Å². The minimum absolute atomic E-state index is 0.00250. The third-order valence-corrected chi connectivity index (χ3v) is 5.79. The fourth-order valence-electron chi connectivity index (χ4n) is 2.70. The van der Waals surface area contributed by atoms with E-state index in [2.05, 4.69) is 0 Å². The second kappa shape index (κ2) is 9.91. The summed E-state index contributed by atoms with van der Waals surface area (Å²) < 4.78 is 6.37. The summed E-state index contributed by atoms with van der Waals surface area (Å²) in [6.07, 6.45) is 2.11. The summed E-state index contributed by atoms with van der Waals surface area (Å²) in [6.45, 7) is 0.668. The number of carbonyl (C=O) groups is 2. The third kappa shape index (κ3) is 5.82. The van der Waals surface area contributed by atoms with E-state index in [1.54, 1.807) is 6.08 Å². The monoisotopic (exact) mass is 447 g/mol. The first-order valence-electron chi connectivity index (χ1n) is 8.87. The summed E-state index contributed by atoms with van der Waals surface area (Å²) >= 11 is 12.4. The highest BCUT2D eigenvalue weighted by molar-refractivity contribution is 8.26. The van der Waals surface area contributed by atoms with Crippen LogP contribution in [0, 0.1) is 0 Å². The van der Waals surface area contributed by atoms with E-state index in [-0.39, 0.29) is 12.3 Å². The molecule has 0 radical (unpaired) electrons. The molecule has 1 aliphatic heterocycles. The van der Waals surface area contributed by atoms with Crippen LogP contribution in [0.1, 0.15) is 24.0 Å². The molecule has 1 amide bonds. The van der Waals surface area contributed by atoms with Crippen LogP contribution in [0.2, 0.25) is 5.02 Å². The van der Waals surface area contributed by atoms with E-state index in [9.17, 15) is 9.59 Å². The van der Waals surface area contributed by atoms with E-state index in [1.807, 2.05) is 48.5 Å². The number of amides is 1. The summed E-state index contributed by atoms with van der Waals surface area (Å²) in [5.41, 5.74) is 1.75. The number of benzene rings is 2. The summed E-state index contributed by atoms with van der Waals surface area (Å²) in [6, 6.07) is 14.9. The molecule has 8 heteroatoms. The largest absolute Gasteiger partial charge is 0.488 e. The Balaban J connectivity index is 1.71. The maximum Gasteiger partial charge on any atom is 0.303 e. The van der Waals surface area contributed by atoms with Crippen molar-refractivity contribution in [1.82, 2.24) is 4.90 Å². The Morgan fingerprint density at radius 1 is 1.21 bits per heavy atom. The number of carbonyl (C=O) groups excluding carboxylic acids is 1. The molecule has 1 fully saturated rings. The van der Waals surface area contributed by atoms with Gasteiger partial charge in [0.25, 0.3) is 5.91 Å². The van der Waals surface area contributed by atoms with Gasteiger partial charge in [0.05, 0.1) is 4.91 Å². The number of hydrogen-bond donors (Lipinski definition) is 1. The number of ether oxygens (including phenoxy) is 1. The van der Waals surface area contributed by atoms with Gasteiger partial charge in [-0.15, -0.1) is 0 Å². The molecule has 2 aromatic carbocycles. The molecular formula is C21H18ClNO4S2. The number of carboxylic acid groups (broad SMARTS) is 1. The maximum atomic E-state index is 12.7. The van der Waals surface area contributed by atoms with Gasteiger partial charge in [0.2, 0.25) is 0 Å². The van der Waals surface area contributed by atoms with Gasteiger partial charge in [0.15, 0.2) is 0 Å². The predicted molar refractivity (Wildman–Crippen MR) is 119 cm³/mol. The van der Waals surface area contributed by atoms with Crippen LogP contribution in [-0.4, -0.2) is 32.7 Å². The highest BCUT2D eigenvalue weighted by Gasteiger charge is 2.31. The number of thiocarbonyl (C=S) groups is 1. The van der Waals surface area contributed by atoms with Crippen LogP contribution in [0.15, 0.2) is 53.4 Å². The normalized spacial score (nSPS) is 15.2. The molecule has 1 N–H and O–H groups in total. The second-order valence-corrected chi connectivity index (χ2v) is 8.40. The second-order valence-electron chi connectivity index (χ2n) is 6.28. The van der Waals surface area contributed by atoms with Crippen molar-refractivity contribution in [1.29, 1.82) is 0 Å². The van der Waals surface area contributed by atoms with E-state index >= 15 is 0 Å². The van der Waals surface area contributed by atoms with Gasteiger partial charge < -0.3 is 9.84 Å². The molecule has 1 heterocycles. The molecule has 0 spiro atoms. The zero-order chi connectivity index (χ0) is 20.8. The fraction of sp³-hybridized carbons (Fsp3) is 0.190. The van der Waals surface area contributed by atoms with Crippen molar-refractivity contribution in [2.75, 3.05) is 6.54 Å². The molecule has 1 saturated heterocycles. The number of thioether (sulfide) groups is 1. The van der Waals surface area contributed by atoms with Crippen molar-refractivity contribution in [3.8, 4) is 5.75 Å². The topological polar surface area (TPSA) is 66.8 Å². The lowest BCUT2D eigenvalue weighted by atomic mass is 10.1. The van der Waals surface area contributed by atoms with Crippen LogP contribution < -0.4 is 4.74 Å². The zero-order valence-corrected chi connectivity index (χ0v) is 17.7. The van der Waals surface area contributed by atoms with Gasteiger partial charge in [-0.2, -0.15) is 0 Å². The lowest BCUT2D eigenvalue weighted by molar-refractivity contribution is -0.137. The lowest BCUT2D eigenvalue weighted by Crippen LogP contribution is -2.29. The van der Waals surface area contributed by atoms with Gasteiger partial charge in [0, 0.05) is 23.6 Å². The van der Waals surface area contributed by atoms with Crippen LogP contribution in [0.25, 0.3) is 6.08 Å². The highest BCUT2D eigenvalue weighted by Crippen LogP contribution is 2.34. The summed E-state index contributed by atoms with van der Waals surface area (Å²) in [5, 5.41) is 9.44. The van der Waals surface area contributed by atoms with E-state index in [0.29, 0.717) is 39.6 Å². The maximum absolute atomic E-state index is 12.7. The third-order valence-electron chi connectivity index (χ3n) is 4.16. The fourth-order valence-corrected chi connectivity index (χ4v) is 4.12. The molecule has 0 aliphatic carbocycles. The van der Waals surface area contributed by atoms with Crippen LogP contribution in [-0.2, 0) is 16.2 Å². The van der Waals surface area contributed by atoms with Gasteiger partial charge >= 0.3 is 5.97 Å². The number of nitrogens with zero attached hydrogens (tertiary/aromatic N) is 1. The standard InChI is InChI=1S/C21H18ClNO4S2/c22-16-9-7-14(8-10-16)13-27-17-5-2-1-4-15(17)12-18-20(26)23(21(28)29-18)11-3-6-19(24)25/h1-2,4-5,7-10,12H,3,6,11,13H2,(H,24,25)/b18-12+. The van der Waals surface area contributed by atoms with Crippen molar-refractivity contribution < 1.29 is 19.4 Å². The highest BCUT2D eigenvalue weighted by atomic mass is 35.5. The predicted octanol–water partition coefficient (Wildman–Crippen LogP) is 4.99. The minimum Gasteiger partial charge on any atom is -0.488 e. The van der Waals surface area contributed by atoms with E-state index in [4.69, 9.17) is 33.7 Å². The number of rotatable bonds is 8. The molecule has 0 aromatic heterocycles. The van der Waals surface area contributed by atoms with Gasteiger partial charge in [-0.25, -0.2) is 0 Å². The molecule has 0 atom stereocenters. The Hall–Kier alpha value is -2.35. The van der Waals surface area contributed by atoms with Crippen molar-refractivity contribution in [3.05, 3.63) is 69.6 Å². The first-order chi connectivity index (χ1) is 13.9. The lowest BCUT2D eigenvalue weighted by Gasteiger charge is -2.13. The minimum atomic E-state index is -0.891. The van der Waals surface area contributed by atoms with Crippen LogP contribution in [0.4, 0.5) is 0 Å². The molecule has 2 aromatic rings. The van der Waals surface area contributed by atoms with E-state index in [0.717, 1.165) is 11.1 Å². The summed E-state index contributed by atoms with van der Waals surface area (Å²) in [5.74, 6) is -0.450. The average Bonchev–Trinajstić information content (AvgIpc) is 2.95. The molecule has 150 valence electrons. The van der Waals surface area contributed by atoms with Gasteiger partial charge in [0.1, 0.15) is 16.7 Å². The van der Waals surface area contributed by atoms with Crippen LogP contribution in [0.5, 0.6) is 5.75 Å². The number of para-hydroxylation sites is 1. The summed E-state index contributed by atoms with van der Waals surface area (Å²) in [7, 11) is 0. The molecule has 29 heavy (non-hydrogen) atoms. The number of carboxylic acids is 1. The molecular weight excluding hydrogens is 430 g/mol. The zero-order valence-electron chi connectivity index (χ0n) is 15.3. The molecule has 5 nitrogen and oxygen atoms in total. The Morgan fingerprint density at radius 3 is 2.66 bits per heavy atom. The number of hydrogen-bond acceptors (Lipinski definition) is 5. The SMILES string of the molecule is O=C(O)CCCN1C(=O)/C(=C\c2ccccc2OCc2ccc(Cl)cc2)SC1=S. The smallest absolute Gasteiger partial charge is 0.303 e. The van der Waals surface area contributed by atoms with Crippen molar-refractivity contribution in [3.63, 3.8) is 0 Å². The molecule has 0 bridgehead atoms. The number of aliphatic carboxylic acids is 1. The molecule has 3 rings (SSSR count). The Bertz CT molecular complexity index is 959. The van der Waals surface area contributed by atoms with Gasteiger partial charge in [-0.1, -0.05) is 65.9 Å². The van der Waals surface area contributed by atoms with E-state index < -0.39 is 5.97 Å². The molecule has 0 unspecified atom stereocenters. The van der Waals surface area contributed by atoms with Crippen molar-refractivity contribution in [2.45, 2.75) is 19.4 Å². The van der Waals surface area contributed by atoms with Crippen molar-refractivity contribution >= 4 is 57.9 Å². The average molecular weight is 448 g/mol. The first kappa shape index (κ1) is 21.4.